The summed E-state index contributed by atoms with van der Waals surface area (Å²) in [7, 11) is 0. The Labute approximate surface area is 246 Å². The molecule has 0 spiro atoms. The maximum Gasteiger partial charge on any atom is 0.345 e. The number of hydrogen-bond donors (Lipinski definition) is 3. The van der Waals surface area contributed by atoms with Crippen LogP contribution in [0.25, 0.3) is 11.3 Å². The van der Waals surface area contributed by atoms with Gasteiger partial charge in [-0.25, -0.2) is 4.79 Å². The first-order valence-corrected chi connectivity index (χ1v) is 14.8. The summed E-state index contributed by atoms with van der Waals surface area (Å²) in [6.07, 6.45) is 2.77. The van der Waals surface area contributed by atoms with E-state index < -0.39 is 22.8 Å². The fraction of sp³-hybridized carbons (Fsp3) is 0.314. The van der Waals surface area contributed by atoms with Crippen molar-refractivity contribution in [2.75, 3.05) is 18.0 Å². The highest BCUT2D eigenvalue weighted by molar-refractivity contribution is 5.92. The number of nitrogens with zero attached hydrogens (tertiary/aromatic N) is 2. The summed E-state index contributed by atoms with van der Waals surface area (Å²) >= 11 is 0. The molecular formula is C35H37N3O4. The van der Waals surface area contributed by atoms with Crippen LogP contribution in [0.3, 0.4) is 0 Å². The normalized spacial score (nSPS) is 19.8. The second kappa shape index (κ2) is 11.9. The molecule has 7 heteroatoms. The van der Waals surface area contributed by atoms with Crippen LogP contribution in [0.1, 0.15) is 46.8 Å². The molecule has 1 aliphatic heterocycles. The fourth-order valence-corrected chi connectivity index (χ4v) is 6.98. The van der Waals surface area contributed by atoms with Crippen LogP contribution in [0.4, 0.5) is 5.69 Å². The van der Waals surface area contributed by atoms with Crippen LogP contribution in [0.15, 0.2) is 89.7 Å². The lowest BCUT2D eigenvalue weighted by Crippen LogP contribution is -2.34. The van der Waals surface area contributed by atoms with Crippen LogP contribution in [0, 0.1) is 11.8 Å². The number of anilines is 1. The Hall–Kier alpha value is -4.36. The minimum Gasteiger partial charge on any atom is -0.506 e. The molecule has 4 aromatic rings. The van der Waals surface area contributed by atoms with Gasteiger partial charge in [-0.05, 0) is 59.9 Å². The van der Waals surface area contributed by atoms with Crippen LogP contribution in [-0.2, 0) is 19.5 Å². The van der Waals surface area contributed by atoms with Gasteiger partial charge in [-0.2, -0.15) is 0 Å². The number of hydrogen-bond acceptors (Lipinski definition) is 5. The number of rotatable bonds is 9. The molecule has 2 heterocycles. The van der Waals surface area contributed by atoms with Gasteiger partial charge in [-0.3, -0.25) is 9.69 Å². The molecule has 0 bridgehead atoms. The third-order valence-electron chi connectivity index (χ3n) is 9.08. The summed E-state index contributed by atoms with van der Waals surface area (Å²) in [4.78, 5) is 31.7. The standard InChI is InChI=1S/C35H37N3O4/c1-2-30-32(36-34(40)31(33(30)39)35(41)42)25-13-15-28(16-14-25)38-21-26-17-29(18-27(26)22-38)37(19-23-9-5-3-6-10-23)20-24-11-7-4-8-12-24/h3-16,26-27,29H,2,17-22H2,1H3,(H,41,42)(H2,36,39,40)/t26-,27+,29-. The second-order valence-corrected chi connectivity index (χ2v) is 11.7. The van der Waals surface area contributed by atoms with Crippen molar-refractivity contribution in [3.05, 3.63) is 118 Å². The number of nitrogens with one attached hydrogen (secondary N) is 1. The summed E-state index contributed by atoms with van der Waals surface area (Å²) in [6.45, 7) is 5.78. The van der Waals surface area contributed by atoms with E-state index in [0.717, 1.165) is 37.4 Å². The Morgan fingerprint density at radius 2 is 1.43 bits per heavy atom. The second-order valence-electron chi connectivity index (χ2n) is 11.7. The Bertz CT molecular complexity index is 1550. The van der Waals surface area contributed by atoms with E-state index in [0.29, 0.717) is 35.6 Å². The molecular weight excluding hydrogens is 526 g/mol. The molecule has 216 valence electrons. The topological polar surface area (TPSA) is 96.9 Å². The van der Waals surface area contributed by atoms with Crippen molar-refractivity contribution in [2.45, 2.75) is 45.3 Å². The number of aromatic amines is 1. The molecule has 1 saturated carbocycles. The van der Waals surface area contributed by atoms with Gasteiger partial charge in [0.1, 0.15) is 5.75 Å². The predicted octanol–water partition coefficient (Wildman–Crippen LogP) is 5.93. The van der Waals surface area contributed by atoms with Crippen LogP contribution >= 0.6 is 0 Å². The molecule has 7 nitrogen and oxygen atoms in total. The lowest BCUT2D eigenvalue weighted by atomic mass is 10.0. The van der Waals surface area contributed by atoms with Crippen molar-refractivity contribution in [3.8, 4) is 17.0 Å². The van der Waals surface area contributed by atoms with E-state index in [2.05, 4.69) is 87.6 Å². The summed E-state index contributed by atoms with van der Waals surface area (Å²) in [5, 5.41) is 19.9. The first-order chi connectivity index (χ1) is 20.4. The van der Waals surface area contributed by atoms with E-state index in [9.17, 15) is 19.8 Å². The number of aromatic carboxylic acids is 1. The minimum absolute atomic E-state index is 0.391. The summed E-state index contributed by atoms with van der Waals surface area (Å²) in [6, 6.07) is 30.1. The van der Waals surface area contributed by atoms with Crippen molar-refractivity contribution in [3.63, 3.8) is 0 Å². The van der Waals surface area contributed by atoms with Gasteiger partial charge in [0.15, 0.2) is 5.56 Å². The highest BCUT2D eigenvalue weighted by atomic mass is 16.4. The first kappa shape index (κ1) is 27.8. The molecule has 1 aliphatic carbocycles. The third kappa shape index (κ3) is 5.57. The van der Waals surface area contributed by atoms with E-state index in [1.165, 1.54) is 24.0 Å². The van der Waals surface area contributed by atoms with Gasteiger partial charge in [-0.1, -0.05) is 79.7 Å². The van der Waals surface area contributed by atoms with Crippen molar-refractivity contribution in [1.82, 2.24) is 9.88 Å². The molecule has 6 rings (SSSR count). The molecule has 0 radical (unpaired) electrons. The van der Waals surface area contributed by atoms with Gasteiger partial charge < -0.3 is 20.1 Å². The van der Waals surface area contributed by atoms with Crippen LogP contribution in [0.5, 0.6) is 5.75 Å². The van der Waals surface area contributed by atoms with E-state index in [1.807, 2.05) is 19.1 Å². The zero-order chi connectivity index (χ0) is 29.2. The zero-order valence-electron chi connectivity index (χ0n) is 23.9. The Balaban J connectivity index is 1.15. The molecule has 42 heavy (non-hydrogen) atoms. The highest BCUT2D eigenvalue weighted by Gasteiger charge is 2.42. The Morgan fingerprint density at radius 3 is 1.93 bits per heavy atom. The molecule has 0 unspecified atom stereocenters. The fourth-order valence-electron chi connectivity index (χ4n) is 6.98. The molecule has 3 N–H and O–H groups in total. The maximum atomic E-state index is 12.4. The monoisotopic (exact) mass is 563 g/mol. The summed E-state index contributed by atoms with van der Waals surface area (Å²) < 4.78 is 0. The maximum absolute atomic E-state index is 12.4. The number of H-pyrrole nitrogens is 1. The van der Waals surface area contributed by atoms with E-state index in [1.54, 1.807) is 0 Å². The van der Waals surface area contributed by atoms with Crippen LogP contribution in [-0.4, -0.2) is 45.2 Å². The smallest absolute Gasteiger partial charge is 0.345 e. The lowest BCUT2D eigenvalue weighted by Gasteiger charge is -2.31. The quantitative estimate of drug-likeness (QED) is 0.234. The average molecular weight is 564 g/mol. The molecule has 2 fully saturated rings. The zero-order valence-corrected chi connectivity index (χ0v) is 23.9. The Morgan fingerprint density at radius 1 is 0.881 bits per heavy atom. The molecule has 1 aromatic heterocycles. The number of carbonyl (C=O) groups is 1. The Kier molecular flexibility index (Phi) is 7.85. The minimum atomic E-state index is -1.43. The third-order valence-corrected chi connectivity index (χ3v) is 9.08. The van der Waals surface area contributed by atoms with Gasteiger partial charge in [0.05, 0.1) is 5.69 Å². The van der Waals surface area contributed by atoms with Crippen LogP contribution in [0.2, 0.25) is 0 Å². The number of aromatic nitrogens is 1. The summed E-state index contributed by atoms with van der Waals surface area (Å²) in [5.41, 5.74) is 4.08. The van der Waals surface area contributed by atoms with Crippen molar-refractivity contribution in [2.24, 2.45) is 11.8 Å². The number of aromatic hydroxyl groups is 1. The van der Waals surface area contributed by atoms with Gasteiger partial charge in [0, 0.05) is 43.5 Å². The molecule has 2 aliphatic rings. The number of fused-ring (bicyclic) bond motifs is 1. The van der Waals surface area contributed by atoms with Crippen molar-refractivity contribution in [1.29, 1.82) is 0 Å². The average Bonchev–Trinajstić information content (AvgIpc) is 3.58. The van der Waals surface area contributed by atoms with Gasteiger partial charge in [-0.15, -0.1) is 0 Å². The van der Waals surface area contributed by atoms with Crippen LogP contribution < -0.4 is 10.5 Å². The van der Waals surface area contributed by atoms with Gasteiger partial charge >= 0.3 is 5.97 Å². The first-order valence-electron chi connectivity index (χ1n) is 14.8. The largest absolute Gasteiger partial charge is 0.506 e. The number of carboxylic acid groups (broad SMARTS) is 1. The van der Waals surface area contributed by atoms with Gasteiger partial charge in [0.25, 0.3) is 5.56 Å². The van der Waals surface area contributed by atoms with E-state index >= 15 is 0 Å². The van der Waals surface area contributed by atoms with E-state index in [4.69, 9.17) is 0 Å². The number of benzene rings is 3. The van der Waals surface area contributed by atoms with E-state index in [-0.39, 0.29) is 0 Å². The molecule has 3 aromatic carbocycles. The highest BCUT2D eigenvalue weighted by Crippen LogP contribution is 2.43. The van der Waals surface area contributed by atoms with Gasteiger partial charge in [0.2, 0.25) is 0 Å². The summed E-state index contributed by atoms with van der Waals surface area (Å²) in [5.74, 6) is -0.599. The number of pyridine rings is 1. The molecule has 0 amide bonds. The lowest BCUT2D eigenvalue weighted by molar-refractivity contribution is 0.0691. The van der Waals surface area contributed by atoms with Crippen molar-refractivity contribution < 1.29 is 15.0 Å². The SMILES string of the molecule is CCc1c(-c2ccc(N3C[C@H]4C[C@@H](N(Cc5ccccc5)Cc5ccccc5)C[C@H]4C3)cc2)[nH]c(=O)c(C(=O)O)c1O. The molecule has 1 saturated heterocycles. The van der Waals surface area contributed by atoms with Crippen molar-refractivity contribution >= 4 is 11.7 Å². The molecule has 3 atom stereocenters. The predicted molar refractivity (Wildman–Crippen MR) is 165 cm³/mol. The number of carboxylic acids is 1.